The molecule has 0 bridgehead atoms. The van der Waals surface area contributed by atoms with Gasteiger partial charge in [-0.3, -0.25) is 29.8 Å². The van der Waals surface area contributed by atoms with Crippen LogP contribution in [0.15, 0.2) is 48.0 Å². The van der Waals surface area contributed by atoms with Gasteiger partial charge < -0.3 is 0 Å². The molecule has 2 aromatic rings. The molecule has 24 heavy (non-hydrogen) atoms. The first-order valence-corrected chi connectivity index (χ1v) is 6.73. The maximum Gasteiger partial charge on any atom is 0.283 e. The van der Waals surface area contributed by atoms with Crippen LogP contribution in [0, 0.1) is 20.2 Å². The van der Waals surface area contributed by atoms with E-state index < -0.39 is 32.8 Å². The fourth-order valence-electron chi connectivity index (χ4n) is 2.48. The second kappa shape index (κ2) is 5.51. The van der Waals surface area contributed by atoms with Crippen LogP contribution >= 0.6 is 0 Å². The first-order valence-electron chi connectivity index (χ1n) is 6.73. The molecule has 2 aromatic carbocycles. The van der Waals surface area contributed by atoms with E-state index >= 15 is 0 Å². The summed E-state index contributed by atoms with van der Waals surface area (Å²) in [5.74, 6) is -1.05. The van der Waals surface area contributed by atoms with Gasteiger partial charge in [0.05, 0.1) is 27.0 Å². The largest absolute Gasteiger partial charge is 0.288 e. The van der Waals surface area contributed by atoms with E-state index in [0.717, 1.165) is 24.3 Å². The highest BCUT2D eigenvalue weighted by molar-refractivity contribution is 6.41. The Labute approximate surface area is 134 Å². The van der Waals surface area contributed by atoms with E-state index in [1.807, 2.05) is 0 Å². The van der Waals surface area contributed by atoms with Crippen molar-refractivity contribution in [3.05, 3.63) is 85.0 Å². The maximum atomic E-state index is 12.3. The van der Waals surface area contributed by atoms with E-state index in [1.54, 1.807) is 12.1 Å². The Balaban J connectivity index is 2.13. The molecule has 0 heterocycles. The van der Waals surface area contributed by atoms with E-state index in [4.69, 9.17) is 0 Å². The third kappa shape index (κ3) is 2.35. The molecule has 118 valence electrons. The van der Waals surface area contributed by atoms with Crippen LogP contribution in [-0.4, -0.2) is 21.4 Å². The van der Waals surface area contributed by atoms with Crippen LogP contribution in [-0.2, 0) is 0 Å². The number of nitro groups is 2. The Morgan fingerprint density at radius 1 is 0.833 bits per heavy atom. The average molecular weight is 324 g/mol. The summed E-state index contributed by atoms with van der Waals surface area (Å²) in [6.45, 7) is 0. The van der Waals surface area contributed by atoms with Crippen molar-refractivity contribution in [2.24, 2.45) is 0 Å². The minimum absolute atomic E-state index is 0.0462. The molecule has 0 N–H and O–H groups in total. The summed E-state index contributed by atoms with van der Waals surface area (Å²) in [5, 5.41) is 21.9. The minimum Gasteiger partial charge on any atom is -0.288 e. The Bertz CT molecular complexity index is 924. The Hall–Kier alpha value is -3.68. The third-order valence-electron chi connectivity index (χ3n) is 3.63. The van der Waals surface area contributed by atoms with Crippen molar-refractivity contribution in [2.45, 2.75) is 0 Å². The molecule has 0 aromatic heterocycles. The van der Waals surface area contributed by atoms with Crippen molar-refractivity contribution >= 4 is 29.0 Å². The number of hydrogen-bond acceptors (Lipinski definition) is 6. The van der Waals surface area contributed by atoms with Crippen LogP contribution in [0.1, 0.15) is 26.3 Å². The second-order valence-corrected chi connectivity index (χ2v) is 5.02. The summed E-state index contributed by atoms with van der Waals surface area (Å²) >= 11 is 0. The van der Waals surface area contributed by atoms with Crippen molar-refractivity contribution in [3.63, 3.8) is 0 Å². The molecule has 3 rings (SSSR count). The lowest BCUT2D eigenvalue weighted by Crippen LogP contribution is -2.01. The number of allylic oxidation sites excluding steroid dienone is 1. The fraction of sp³-hybridized carbons (Fsp3) is 0. The van der Waals surface area contributed by atoms with Gasteiger partial charge in [-0.2, -0.15) is 0 Å². The molecule has 8 heteroatoms. The van der Waals surface area contributed by atoms with Gasteiger partial charge in [0.1, 0.15) is 0 Å². The predicted octanol–water partition coefficient (Wildman–Crippen LogP) is 2.97. The molecule has 8 nitrogen and oxygen atoms in total. The van der Waals surface area contributed by atoms with Crippen molar-refractivity contribution in [3.8, 4) is 0 Å². The van der Waals surface area contributed by atoms with Gasteiger partial charge in [0.25, 0.3) is 11.4 Å². The van der Waals surface area contributed by atoms with Gasteiger partial charge in [-0.1, -0.05) is 24.3 Å². The molecule has 0 radical (unpaired) electrons. The van der Waals surface area contributed by atoms with E-state index in [1.165, 1.54) is 12.1 Å². The molecule has 0 saturated carbocycles. The third-order valence-corrected chi connectivity index (χ3v) is 3.63. The number of ketones is 2. The lowest BCUT2D eigenvalue weighted by atomic mass is 10.0. The molecule has 0 fully saturated rings. The highest BCUT2D eigenvalue weighted by Gasteiger charge is 2.33. The Kier molecular flexibility index (Phi) is 3.49. The van der Waals surface area contributed by atoms with Gasteiger partial charge in [0.15, 0.2) is 11.6 Å². The van der Waals surface area contributed by atoms with Crippen molar-refractivity contribution in [1.82, 2.24) is 0 Å². The highest BCUT2D eigenvalue weighted by Crippen LogP contribution is 2.31. The number of fused-ring (bicyclic) bond motifs is 1. The van der Waals surface area contributed by atoms with Crippen molar-refractivity contribution in [2.75, 3.05) is 0 Å². The lowest BCUT2D eigenvalue weighted by Gasteiger charge is -1.99. The smallest absolute Gasteiger partial charge is 0.283 e. The van der Waals surface area contributed by atoms with Gasteiger partial charge in [-0.15, -0.1) is 0 Å². The number of Topliss-reactive ketones (excluding diaryl/α,β-unsaturated/α-hetero) is 2. The first-order chi connectivity index (χ1) is 11.4. The summed E-state index contributed by atoms with van der Waals surface area (Å²) in [7, 11) is 0. The number of nitrogens with zero attached hydrogens (tertiary/aromatic N) is 2. The summed E-state index contributed by atoms with van der Waals surface area (Å²) in [5.41, 5.74) is -0.774. The van der Waals surface area contributed by atoms with Crippen LogP contribution in [0.4, 0.5) is 11.4 Å². The number of carbonyl (C=O) groups excluding carboxylic acids is 2. The Morgan fingerprint density at radius 2 is 1.42 bits per heavy atom. The molecule has 0 aliphatic heterocycles. The van der Waals surface area contributed by atoms with Crippen molar-refractivity contribution < 1.29 is 19.4 Å². The van der Waals surface area contributed by atoms with E-state index in [9.17, 15) is 29.8 Å². The van der Waals surface area contributed by atoms with Gasteiger partial charge in [0.2, 0.25) is 0 Å². The summed E-state index contributed by atoms with van der Waals surface area (Å²) in [6.07, 6.45) is 1.10. The molecule has 0 spiro atoms. The zero-order valence-electron chi connectivity index (χ0n) is 12.0. The molecule has 1 aliphatic rings. The average Bonchev–Trinajstić information content (AvgIpc) is 2.80. The zero-order chi connectivity index (χ0) is 17.4. The first kappa shape index (κ1) is 15.2. The Morgan fingerprint density at radius 3 is 1.92 bits per heavy atom. The molecular weight excluding hydrogens is 316 g/mol. The second-order valence-electron chi connectivity index (χ2n) is 5.02. The van der Waals surface area contributed by atoms with Crippen LogP contribution < -0.4 is 0 Å². The molecular formula is C16H8N2O6. The molecule has 1 aliphatic carbocycles. The summed E-state index contributed by atoms with van der Waals surface area (Å²) in [4.78, 5) is 44.9. The maximum absolute atomic E-state index is 12.3. The normalized spacial score (nSPS) is 12.9. The van der Waals surface area contributed by atoms with E-state index in [2.05, 4.69) is 0 Å². The SMILES string of the molecule is O=C1C(=Cc2ccc([N+](=O)[O-])cc2[N+](=O)[O-])C(=O)c2ccccc21. The van der Waals surface area contributed by atoms with Gasteiger partial charge in [-0.25, -0.2) is 0 Å². The summed E-state index contributed by atoms with van der Waals surface area (Å²) in [6, 6.07) is 9.25. The van der Waals surface area contributed by atoms with Crippen LogP contribution in [0.5, 0.6) is 0 Å². The number of benzene rings is 2. The molecule has 0 amide bonds. The van der Waals surface area contributed by atoms with Crippen LogP contribution in [0.2, 0.25) is 0 Å². The van der Waals surface area contributed by atoms with E-state index in [0.29, 0.717) is 0 Å². The molecule has 0 atom stereocenters. The van der Waals surface area contributed by atoms with Crippen LogP contribution in [0.3, 0.4) is 0 Å². The fourth-order valence-corrected chi connectivity index (χ4v) is 2.48. The highest BCUT2D eigenvalue weighted by atomic mass is 16.6. The van der Waals surface area contributed by atoms with Gasteiger partial charge in [-0.05, 0) is 12.1 Å². The minimum atomic E-state index is -0.795. The number of rotatable bonds is 3. The predicted molar refractivity (Wildman–Crippen MR) is 82.8 cm³/mol. The number of carbonyl (C=O) groups is 2. The van der Waals surface area contributed by atoms with Gasteiger partial charge in [0, 0.05) is 17.2 Å². The van der Waals surface area contributed by atoms with Crippen molar-refractivity contribution in [1.29, 1.82) is 0 Å². The molecule has 0 saturated heterocycles. The zero-order valence-corrected chi connectivity index (χ0v) is 12.0. The quantitative estimate of drug-likeness (QED) is 0.370. The molecule has 0 unspecified atom stereocenters. The number of nitro benzene ring substituents is 2. The van der Waals surface area contributed by atoms with E-state index in [-0.39, 0.29) is 22.3 Å². The standard InChI is InChI=1S/C16H8N2O6/c19-15-11-3-1-2-4-12(11)16(20)13(15)7-9-5-6-10(17(21)22)8-14(9)18(23)24/h1-8H. The number of hydrogen-bond donors (Lipinski definition) is 0. The topological polar surface area (TPSA) is 120 Å². The summed E-state index contributed by atoms with van der Waals surface area (Å²) < 4.78 is 0. The lowest BCUT2D eigenvalue weighted by molar-refractivity contribution is -0.394. The van der Waals surface area contributed by atoms with Crippen LogP contribution in [0.25, 0.3) is 6.08 Å². The monoisotopic (exact) mass is 324 g/mol. The number of non-ortho nitro benzene ring substituents is 1. The van der Waals surface area contributed by atoms with Gasteiger partial charge >= 0.3 is 0 Å².